The number of para-hydroxylation sites is 2. The molecule has 27 heavy (non-hydrogen) atoms. The first kappa shape index (κ1) is 20.0. The Morgan fingerprint density at radius 3 is 2.59 bits per heavy atom. The van der Waals surface area contributed by atoms with Crippen molar-refractivity contribution in [2.24, 2.45) is 5.92 Å². The average molecular weight is 376 g/mol. The number of urea groups is 1. The molecule has 2 aliphatic rings. The quantitative estimate of drug-likeness (QED) is 0.828. The molecule has 0 bridgehead atoms. The van der Waals surface area contributed by atoms with Gasteiger partial charge in [-0.3, -0.25) is 4.90 Å². The number of likely N-dealkylation sites (tertiary alicyclic amines) is 2. The fraction of sp³-hybridized carbons (Fsp3) is 0.667. The number of carbonyl (C=O) groups excluding carboxylic acids is 1. The third-order valence-electron chi connectivity index (χ3n) is 5.86. The van der Waals surface area contributed by atoms with Gasteiger partial charge in [0, 0.05) is 38.8 Å². The molecule has 1 aromatic rings. The minimum Gasteiger partial charge on any atom is -0.492 e. The molecule has 0 radical (unpaired) electrons. The van der Waals surface area contributed by atoms with E-state index in [2.05, 4.69) is 24.1 Å². The molecule has 0 aliphatic carbocycles. The van der Waals surface area contributed by atoms with Crippen LogP contribution in [0.25, 0.3) is 0 Å². The van der Waals surface area contributed by atoms with Gasteiger partial charge >= 0.3 is 6.03 Å². The zero-order valence-corrected chi connectivity index (χ0v) is 17.0. The van der Waals surface area contributed by atoms with Gasteiger partial charge in [0.25, 0.3) is 0 Å². The first-order valence-corrected chi connectivity index (χ1v) is 10.1. The molecular weight excluding hydrogens is 342 g/mol. The van der Waals surface area contributed by atoms with E-state index in [0.717, 1.165) is 38.2 Å². The van der Waals surface area contributed by atoms with E-state index in [9.17, 15) is 4.79 Å². The Morgan fingerprint density at radius 2 is 1.96 bits per heavy atom. The van der Waals surface area contributed by atoms with Gasteiger partial charge in [0.15, 0.2) is 0 Å². The largest absolute Gasteiger partial charge is 0.492 e. The van der Waals surface area contributed by atoms with Crippen molar-refractivity contribution in [1.29, 1.82) is 0 Å². The Labute approximate surface area is 162 Å². The van der Waals surface area contributed by atoms with Crippen LogP contribution in [0.3, 0.4) is 0 Å². The van der Waals surface area contributed by atoms with Gasteiger partial charge in [-0.2, -0.15) is 0 Å². The third kappa shape index (κ3) is 4.38. The highest BCUT2D eigenvalue weighted by Crippen LogP contribution is 2.35. The predicted molar refractivity (Wildman–Crippen MR) is 107 cm³/mol. The summed E-state index contributed by atoms with van der Waals surface area (Å²) in [4.78, 5) is 17.2. The number of methoxy groups -OCH3 is 1. The van der Waals surface area contributed by atoms with Gasteiger partial charge < -0.3 is 19.7 Å². The lowest BCUT2D eigenvalue weighted by Gasteiger charge is -2.54. The smallest absolute Gasteiger partial charge is 0.321 e. The number of rotatable bonds is 6. The van der Waals surface area contributed by atoms with Gasteiger partial charge in [-0.15, -0.1) is 0 Å². The lowest BCUT2D eigenvalue weighted by atomic mass is 9.79. The number of benzene rings is 1. The van der Waals surface area contributed by atoms with Crippen LogP contribution in [0.4, 0.5) is 10.5 Å². The van der Waals surface area contributed by atoms with Gasteiger partial charge in [0.05, 0.1) is 18.4 Å². The van der Waals surface area contributed by atoms with Crippen molar-refractivity contribution in [3.05, 3.63) is 24.3 Å². The third-order valence-corrected chi connectivity index (χ3v) is 5.86. The fourth-order valence-electron chi connectivity index (χ4n) is 4.35. The van der Waals surface area contributed by atoms with Crippen LogP contribution in [0.5, 0.6) is 5.75 Å². The number of amides is 2. The molecule has 0 spiro atoms. The predicted octanol–water partition coefficient (Wildman–Crippen LogP) is 3.44. The second kappa shape index (κ2) is 8.93. The van der Waals surface area contributed by atoms with Crippen LogP contribution in [0.2, 0.25) is 0 Å². The minimum absolute atomic E-state index is 0.0433. The molecule has 6 nitrogen and oxygen atoms in total. The number of hydrogen-bond donors (Lipinski definition) is 1. The monoisotopic (exact) mass is 375 g/mol. The van der Waals surface area contributed by atoms with Gasteiger partial charge in [-0.25, -0.2) is 4.79 Å². The van der Waals surface area contributed by atoms with E-state index in [1.54, 1.807) is 0 Å². The number of nitrogens with zero attached hydrogens (tertiary/aromatic N) is 2. The number of hydrogen-bond acceptors (Lipinski definition) is 4. The Bertz CT molecular complexity index is 629. The molecule has 150 valence electrons. The number of carbonyl (C=O) groups is 1. The SMILES string of the molecule is CCOc1ccccc1NC(=O)N1CCC([C@@H]2[C@H](OC)CN2C(C)C)CC1. The molecule has 2 heterocycles. The average Bonchev–Trinajstić information content (AvgIpc) is 2.63. The highest BCUT2D eigenvalue weighted by atomic mass is 16.5. The summed E-state index contributed by atoms with van der Waals surface area (Å²) in [5, 5.41) is 3.01. The Kier molecular flexibility index (Phi) is 6.60. The molecule has 2 fully saturated rings. The van der Waals surface area contributed by atoms with Crippen molar-refractivity contribution in [2.45, 2.75) is 51.8 Å². The fourth-order valence-corrected chi connectivity index (χ4v) is 4.35. The maximum absolute atomic E-state index is 12.7. The van der Waals surface area contributed by atoms with E-state index >= 15 is 0 Å². The van der Waals surface area contributed by atoms with Crippen LogP contribution in [-0.2, 0) is 4.74 Å². The molecule has 1 N–H and O–H groups in total. The zero-order valence-electron chi connectivity index (χ0n) is 17.0. The van der Waals surface area contributed by atoms with Crippen LogP contribution in [0.15, 0.2) is 24.3 Å². The summed E-state index contributed by atoms with van der Waals surface area (Å²) in [7, 11) is 1.81. The van der Waals surface area contributed by atoms with Crippen molar-refractivity contribution in [2.75, 3.05) is 38.7 Å². The van der Waals surface area contributed by atoms with E-state index in [4.69, 9.17) is 9.47 Å². The number of piperidine rings is 1. The summed E-state index contributed by atoms with van der Waals surface area (Å²) in [5.74, 6) is 1.30. The summed E-state index contributed by atoms with van der Waals surface area (Å²) < 4.78 is 11.3. The first-order valence-electron chi connectivity index (χ1n) is 10.1. The van der Waals surface area contributed by atoms with Crippen molar-refractivity contribution >= 4 is 11.7 Å². The lowest BCUT2D eigenvalue weighted by Crippen LogP contribution is -2.66. The molecule has 6 heteroatoms. The van der Waals surface area contributed by atoms with Crippen molar-refractivity contribution in [1.82, 2.24) is 9.80 Å². The molecule has 0 aromatic heterocycles. The van der Waals surface area contributed by atoms with E-state index in [-0.39, 0.29) is 6.03 Å². The van der Waals surface area contributed by atoms with Crippen LogP contribution in [0, 0.1) is 5.92 Å². The van der Waals surface area contributed by atoms with Crippen molar-refractivity contribution in [3.8, 4) is 5.75 Å². The molecule has 2 amide bonds. The van der Waals surface area contributed by atoms with Gasteiger partial charge in [0.1, 0.15) is 5.75 Å². The summed E-state index contributed by atoms with van der Waals surface area (Å²) in [5.41, 5.74) is 0.732. The van der Waals surface area contributed by atoms with Crippen LogP contribution in [-0.4, -0.2) is 67.4 Å². The second-order valence-electron chi connectivity index (χ2n) is 7.74. The molecular formula is C21H33N3O3. The van der Waals surface area contributed by atoms with E-state index in [0.29, 0.717) is 36.5 Å². The summed E-state index contributed by atoms with van der Waals surface area (Å²) in [6, 6.07) is 8.57. The highest BCUT2D eigenvalue weighted by molar-refractivity contribution is 5.91. The maximum Gasteiger partial charge on any atom is 0.321 e. The molecule has 2 atom stereocenters. The van der Waals surface area contributed by atoms with Crippen LogP contribution < -0.4 is 10.1 Å². The summed E-state index contributed by atoms with van der Waals surface area (Å²) >= 11 is 0. The molecule has 2 aliphatic heterocycles. The van der Waals surface area contributed by atoms with Crippen molar-refractivity contribution < 1.29 is 14.3 Å². The van der Waals surface area contributed by atoms with Crippen LogP contribution >= 0.6 is 0 Å². The first-order chi connectivity index (χ1) is 13.0. The van der Waals surface area contributed by atoms with Gasteiger partial charge in [0.2, 0.25) is 0 Å². The van der Waals surface area contributed by atoms with E-state index in [1.165, 1.54) is 0 Å². The van der Waals surface area contributed by atoms with Crippen molar-refractivity contribution in [3.63, 3.8) is 0 Å². The van der Waals surface area contributed by atoms with Gasteiger partial charge in [-0.05, 0) is 51.7 Å². The Balaban J connectivity index is 1.55. The Hall–Kier alpha value is -1.79. The zero-order chi connectivity index (χ0) is 19.4. The topological polar surface area (TPSA) is 54.0 Å². The maximum atomic E-state index is 12.7. The molecule has 1 aromatic carbocycles. The molecule has 0 saturated carbocycles. The molecule has 0 unspecified atom stereocenters. The minimum atomic E-state index is -0.0433. The van der Waals surface area contributed by atoms with E-state index < -0.39 is 0 Å². The van der Waals surface area contributed by atoms with E-state index in [1.807, 2.05) is 43.2 Å². The van der Waals surface area contributed by atoms with Crippen LogP contribution in [0.1, 0.15) is 33.6 Å². The highest BCUT2D eigenvalue weighted by Gasteiger charge is 2.45. The molecule has 2 saturated heterocycles. The number of nitrogens with one attached hydrogen (secondary N) is 1. The summed E-state index contributed by atoms with van der Waals surface area (Å²) in [6.07, 6.45) is 2.37. The normalized spacial score (nSPS) is 24.0. The standard InChI is InChI=1S/C21H33N3O3/c1-5-27-18-9-7-6-8-17(18)22-21(25)23-12-10-16(11-13-23)20-19(26-4)14-24(20)15(2)3/h6-9,15-16,19-20H,5,10-14H2,1-4H3,(H,22,25)/t19-,20-/m1/s1. The van der Waals surface area contributed by atoms with Gasteiger partial charge in [-0.1, -0.05) is 12.1 Å². The summed E-state index contributed by atoms with van der Waals surface area (Å²) in [6.45, 7) is 9.60. The second-order valence-corrected chi connectivity index (χ2v) is 7.74. The Morgan fingerprint density at radius 1 is 1.26 bits per heavy atom. The lowest BCUT2D eigenvalue weighted by molar-refractivity contribution is -0.127. The molecule has 3 rings (SSSR count). The number of ether oxygens (including phenoxy) is 2. The number of anilines is 1.